The van der Waals surface area contributed by atoms with Gasteiger partial charge in [-0.25, -0.2) is 5.01 Å². The van der Waals surface area contributed by atoms with Crippen molar-refractivity contribution in [3.63, 3.8) is 0 Å². The summed E-state index contributed by atoms with van der Waals surface area (Å²) in [5.74, 6) is -0.944. The van der Waals surface area contributed by atoms with Gasteiger partial charge in [0.25, 0.3) is 17.5 Å². The van der Waals surface area contributed by atoms with Crippen LogP contribution in [0.25, 0.3) is 0 Å². The molecule has 7 heteroatoms. The van der Waals surface area contributed by atoms with E-state index in [-0.39, 0.29) is 22.7 Å². The fourth-order valence-corrected chi connectivity index (χ4v) is 2.46. The molecule has 0 radical (unpaired) electrons. The molecule has 26 heavy (non-hydrogen) atoms. The molecule has 136 valence electrons. The van der Waals surface area contributed by atoms with Gasteiger partial charge in [-0.2, -0.15) is 0 Å². The van der Waals surface area contributed by atoms with Gasteiger partial charge in [0.2, 0.25) is 0 Å². The van der Waals surface area contributed by atoms with E-state index in [1.807, 2.05) is 0 Å². The van der Waals surface area contributed by atoms with Crippen LogP contribution in [-0.2, 0) is 0 Å². The van der Waals surface area contributed by atoms with Crippen LogP contribution in [-0.4, -0.2) is 27.3 Å². The number of nitrogens with zero attached hydrogens (tertiary/aromatic N) is 2. The van der Waals surface area contributed by atoms with Crippen molar-refractivity contribution in [1.82, 2.24) is 10.4 Å². The second kappa shape index (κ2) is 7.35. The Kier molecular flexibility index (Phi) is 5.40. The van der Waals surface area contributed by atoms with Crippen molar-refractivity contribution >= 4 is 17.5 Å². The van der Waals surface area contributed by atoms with E-state index in [4.69, 9.17) is 0 Å². The van der Waals surface area contributed by atoms with E-state index < -0.39 is 16.4 Å². The Hall–Kier alpha value is -3.22. The van der Waals surface area contributed by atoms with Crippen molar-refractivity contribution in [3.8, 4) is 0 Å². The van der Waals surface area contributed by atoms with Crippen molar-refractivity contribution in [2.75, 3.05) is 0 Å². The van der Waals surface area contributed by atoms with Crippen molar-refractivity contribution < 1.29 is 14.5 Å². The second-order valence-corrected chi connectivity index (χ2v) is 6.83. The summed E-state index contributed by atoms with van der Waals surface area (Å²) < 4.78 is 0. The van der Waals surface area contributed by atoms with Crippen LogP contribution in [0.5, 0.6) is 0 Å². The maximum Gasteiger partial charge on any atom is 0.273 e. The molecule has 0 atom stereocenters. The summed E-state index contributed by atoms with van der Waals surface area (Å²) >= 11 is 0. The van der Waals surface area contributed by atoms with Crippen LogP contribution in [0.4, 0.5) is 5.69 Å². The standard InChI is InChI=1S/C19H21N3O4/c1-13-15(11-8-12-16(13)22(25)26)17(23)20-21(19(2,3)4)18(24)14-9-6-5-7-10-14/h5-12H,1-4H3,(H,20,23). The molecule has 2 aromatic rings. The summed E-state index contributed by atoms with van der Waals surface area (Å²) in [7, 11) is 0. The summed E-state index contributed by atoms with van der Waals surface area (Å²) in [6.07, 6.45) is 0. The van der Waals surface area contributed by atoms with Gasteiger partial charge >= 0.3 is 0 Å². The lowest BCUT2D eigenvalue weighted by atomic mass is 10.0. The van der Waals surface area contributed by atoms with Crippen LogP contribution in [0.2, 0.25) is 0 Å². The van der Waals surface area contributed by atoms with E-state index in [1.54, 1.807) is 51.1 Å². The van der Waals surface area contributed by atoms with E-state index in [1.165, 1.54) is 30.1 Å². The Morgan fingerprint density at radius 1 is 1.04 bits per heavy atom. The molecule has 0 unspecified atom stereocenters. The zero-order valence-electron chi connectivity index (χ0n) is 15.1. The Labute approximate surface area is 151 Å². The average Bonchev–Trinajstić information content (AvgIpc) is 2.58. The average molecular weight is 355 g/mol. The maximum absolute atomic E-state index is 12.8. The number of carbonyl (C=O) groups excluding carboxylic acids is 2. The zero-order chi connectivity index (χ0) is 19.5. The van der Waals surface area contributed by atoms with Gasteiger partial charge < -0.3 is 0 Å². The van der Waals surface area contributed by atoms with Crippen LogP contribution >= 0.6 is 0 Å². The van der Waals surface area contributed by atoms with Gasteiger partial charge in [0, 0.05) is 17.2 Å². The first-order valence-electron chi connectivity index (χ1n) is 8.07. The number of nitro benzene ring substituents is 1. The third-order valence-electron chi connectivity index (χ3n) is 3.85. The molecular formula is C19H21N3O4. The molecule has 0 spiro atoms. The van der Waals surface area contributed by atoms with Gasteiger partial charge in [0.05, 0.1) is 16.0 Å². The minimum absolute atomic E-state index is 0.144. The summed E-state index contributed by atoms with van der Waals surface area (Å²) in [6.45, 7) is 6.87. The molecule has 0 saturated heterocycles. The number of hydrogen-bond acceptors (Lipinski definition) is 4. The molecule has 0 aliphatic rings. The number of carbonyl (C=O) groups is 2. The van der Waals surface area contributed by atoms with Crippen molar-refractivity contribution in [2.24, 2.45) is 0 Å². The molecule has 7 nitrogen and oxygen atoms in total. The smallest absolute Gasteiger partial charge is 0.267 e. The molecule has 2 aromatic carbocycles. The van der Waals surface area contributed by atoms with Gasteiger partial charge in [0.1, 0.15) is 0 Å². The first-order chi connectivity index (χ1) is 12.1. The van der Waals surface area contributed by atoms with E-state index in [2.05, 4.69) is 5.43 Å². The number of nitrogens with one attached hydrogen (secondary N) is 1. The first kappa shape index (κ1) is 19.1. The largest absolute Gasteiger partial charge is 0.273 e. The lowest BCUT2D eigenvalue weighted by Crippen LogP contribution is -2.56. The first-order valence-corrected chi connectivity index (χ1v) is 8.07. The van der Waals surface area contributed by atoms with Gasteiger partial charge in [-0.05, 0) is 45.9 Å². The van der Waals surface area contributed by atoms with Gasteiger partial charge in [0.15, 0.2) is 0 Å². The van der Waals surface area contributed by atoms with Crippen LogP contribution in [0.15, 0.2) is 48.5 Å². The van der Waals surface area contributed by atoms with Crippen LogP contribution in [0.1, 0.15) is 47.1 Å². The number of hydrogen-bond donors (Lipinski definition) is 1. The van der Waals surface area contributed by atoms with Crippen LogP contribution < -0.4 is 5.43 Å². The molecule has 0 fully saturated rings. The van der Waals surface area contributed by atoms with Crippen LogP contribution in [0, 0.1) is 17.0 Å². The van der Waals surface area contributed by atoms with Gasteiger partial charge in [-0.3, -0.25) is 25.1 Å². The summed E-state index contributed by atoms with van der Waals surface area (Å²) in [6, 6.07) is 12.9. The maximum atomic E-state index is 12.8. The zero-order valence-corrected chi connectivity index (χ0v) is 15.1. The minimum Gasteiger partial charge on any atom is -0.267 e. The van der Waals surface area contributed by atoms with Crippen molar-refractivity contribution in [1.29, 1.82) is 0 Å². The molecule has 0 bridgehead atoms. The lowest BCUT2D eigenvalue weighted by Gasteiger charge is -2.35. The van der Waals surface area contributed by atoms with Crippen molar-refractivity contribution in [3.05, 3.63) is 75.3 Å². The van der Waals surface area contributed by atoms with Crippen LogP contribution in [0.3, 0.4) is 0 Å². The molecular weight excluding hydrogens is 334 g/mol. The predicted octanol–water partition coefficient (Wildman–Crippen LogP) is 3.49. The Balaban J connectivity index is 2.36. The SMILES string of the molecule is Cc1c(C(=O)NN(C(=O)c2ccccc2)C(C)(C)C)cccc1[N+](=O)[O-]. The molecule has 2 amide bonds. The highest BCUT2D eigenvalue weighted by atomic mass is 16.6. The summed E-state index contributed by atoms with van der Waals surface area (Å²) in [5.41, 5.74) is 2.58. The molecule has 0 aliphatic carbocycles. The van der Waals surface area contributed by atoms with Gasteiger partial charge in [-0.15, -0.1) is 0 Å². The third-order valence-corrected chi connectivity index (χ3v) is 3.85. The normalized spacial score (nSPS) is 10.9. The van der Waals surface area contributed by atoms with E-state index >= 15 is 0 Å². The Morgan fingerprint density at radius 2 is 1.65 bits per heavy atom. The number of benzene rings is 2. The fraction of sp³-hybridized carbons (Fsp3) is 0.263. The van der Waals surface area contributed by atoms with Gasteiger partial charge in [-0.1, -0.05) is 24.3 Å². The molecule has 0 heterocycles. The quantitative estimate of drug-likeness (QED) is 0.674. The second-order valence-electron chi connectivity index (χ2n) is 6.83. The summed E-state index contributed by atoms with van der Waals surface area (Å²) in [4.78, 5) is 36.1. The van der Waals surface area contributed by atoms with E-state index in [9.17, 15) is 19.7 Å². The number of rotatable bonds is 3. The highest BCUT2D eigenvalue weighted by molar-refractivity contribution is 6.00. The third kappa shape index (κ3) is 4.05. The molecule has 0 saturated carbocycles. The lowest BCUT2D eigenvalue weighted by molar-refractivity contribution is -0.385. The number of hydrazine groups is 1. The molecule has 1 N–H and O–H groups in total. The number of amides is 2. The number of nitro groups is 1. The highest BCUT2D eigenvalue weighted by Gasteiger charge is 2.30. The fourth-order valence-electron chi connectivity index (χ4n) is 2.46. The summed E-state index contributed by atoms with van der Waals surface area (Å²) in [5, 5.41) is 12.3. The molecule has 0 aromatic heterocycles. The highest BCUT2D eigenvalue weighted by Crippen LogP contribution is 2.22. The van der Waals surface area contributed by atoms with Crippen molar-refractivity contribution in [2.45, 2.75) is 33.2 Å². The minimum atomic E-state index is -0.697. The Morgan fingerprint density at radius 3 is 2.19 bits per heavy atom. The molecule has 2 rings (SSSR count). The Bertz CT molecular complexity index is 842. The predicted molar refractivity (Wildman–Crippen MR) is 97.7 cm³/mol. The van der Waals surface area contributed by atoms with E-state index in [0.29, 0.717) is 5.56 Å². The topological polar surface area (TPSA) is 92.6 Å². The molecule has 0 aliphatic heterocycles. The monoisotopic (exact) mass is 355 g/mol. The van der Waals surface area contributed by atoms with E-state index in [0.717, 1.165) is 0 Å².